The average molecular weight is 337 g/mol. The third-order valence-electron chi connectivity index (χ3n) is 4.63. The summed E-state index contributed by atoms with van der Waals surface area (Å²) in [7, 11) is 0. The van der Waals surface area contributed by atoms with Gasteiger partial charge in [-0.1, -0.05) is 24.3 Å². The van der Waals surface area contributed by atoms with Crippen molar-refractivity contribution >= 4 is 16.7 Å². The summed E-state index contributed by atoms with van der Waals surface area (Å²) >= 11 is 0. The van der Waals surface area contributed by atoms with Crippen LogP contribution in [0.25, 0.3) is 10.9 Å². The quantitative estimate of drug-likeness (QED) is 0.733. The van der Waals surface area contributed by atoms with E-state index in [1.54, 1.807) is 12.1 Å². The number of rotatable bonds is 5. The average Bonchev–Trinajstić information content (AvgIpc) is 3.14. The second-order valence-corrected chi connectivity index (χ2v) is 6.34. The maximum absolute atomic E-state index is 14.2. The zero-order chi connectivity index (χ0) is 17.1. The normalized spacial score (nSPS) is 14.8. The van der Waals surface area contributed by atoms with E-state index < -0.39 is 0 Å². The van der Waals surface area contributed by atoms with Gasteiger partial charge in [-0.05, 0) is 43.9 Å². The van der Waals surface area contributed by atoms with Crippen molar-refractivity contribution in [2.24, 2.45) is 0 Å². The Morgan fingerprint density at radius 2 is 1.88 bits per heavy atom. The lowest BCUT2D eigenvalue weighted by Crippen LogP contribution is -2.13. The Morgan fingerprint density at radius 3 is 2.76 bits per heavy atom. The third-order valence-corrected chi connectivity index (χ3v) is 4.63. The van der Waals surface area contributed by atoms with Gasteiger partial charge >= 0.3 is 0 Å². The summed E-state index contributed by atoms with van der Waals surface area (Å²) < 4.78 is 20.3. The van der Waals surface area contributed by atoms with E-state index >= 15 is 0 Å². The molecule has 4 rings (SSSR count). The van der Waals surface area contributed by atoms with Gasteiger partial charge in [0.05, 0.1) is 17.0 Å². The van der Waals surface area contributed by atoms with Gasteiger partial charge in [0.2, 0.25) is 0 Å². The summed E-state index contributed by atoms with van der Waals surface area (Å²) in [6, 6.07) is 12.8. The van der Waals surface area contributed by atoms with Crippen molar-refractivity contribution in [2.45, 2.75) is 38.3 Å². The van der Waals surface area contributed by atoms with Crippen molar-refractivity contribution < 1.29 is 9.13 Å². The van der Waals surface area contributed by atoms with E-state index in [9.17, 15) is 4.39 Å². The van der Waals surface area contributed by atoms with Crippen LogP contribution in [0.2, 0.25) is 0 Å². The molecule has 5 heteroatoms. The molecule has 0 radical (unpaired) electrons. The molecule has 0 unspecified atom stereocenters. The SMILES string of the molecule is Fc1cccc2ncnc(NCc3ccccc3OC3CCCC3)c12. The van der Waals surface area contributed by atoms with E-state index in [-0.39, 0.29) is 5.82 Å². The number of para-hydroxylation sites is 1. The minimum atomic E-state index is -0.323. The standard InChI is InChI=1S/C20H20FN3O/c21-16-9-5-10-17-19(16)20(24-13-23-17)22-12-14-6-1-4-11-18(14)25-15-7-2-3-8-15/h1,4-6,9-11,13,15H,2-3,7-8,12H2,(H,22,23,24). The Hall–Kier alpha value is -2.69. The van der Waals surface area contributed by atoms with Gasteiger partial charge in [0.15, 0.2) is 0 Å². The molecule has 1 saturated carbocycles. The van der Waals surface area contributed by atoms with Crippen molar-refractivity contribution in [2.75, 3.05) is 5.32 Å². The lowest BCUT2D eigenvalue weighted by atomic mass is 10.1. The van der Waals surface area contributed by atoms with Gasteiger partial charge in [-0.15, -0.1) is 0 Å². The van der Waals surface area contributed by atoms with Gasteiger partial charge in [0.25, 0.3) is 0 Å². The zero-order valence-electron chi connectivity index (χ0n) is 13.9. The molecule has 1 aromatic heterocycles. The topological polar surface area (TPSA) is 47.0 Å². The number of hydrogen-bond donors (Lipinski definition) is 1. The van der Waals surface area contributed by atoms with E-state index in [4.69, 9.17) is 4.74 Å². The van der Waals surface area contributed by atoms with Crippen LogP contribution in [0, 0.1) is 5.82 Å². The van der Waals surface area contributed by atoms with Crippen LogP contribution < -0.4 is 10.1 Å². The Morgan fingerprint density at radius 1 is 1.04 bits per heavy atom. The fourth-order valence-corrected chi connectivity index (χ4v) is 3.33. The first-order valence-electron chi connectivity index (χ1n) is 8.69. The number of nitrogens with zero attached hydrogens (tertiary/aromatic N) is 2. The molecule has 4 nitrogen and oxygen atoms in total. The van der Waals surface area contributed by atoms with E-state index in [2.05, 4.69) is 15.3 Å². The van der Waals surface area contributed by atoms with Gasteiger partial charge < -0.3 is 10.1 Å². The predicted molar refractivity (Wildman–Crippen MR) is 96.1 cm³/mol. The molecule has 0 aliphatic heterocycles. The zero-order valence-corrected chi connectivity index (χ0v) is 13.9. The monoisotopic (exact) mass is 337 g/mol. The second kappa shape index (κ2) is 7.05. The molecule has 2 aromatic carbocycles. The number of benzene rings is 2. The molecule has 3 aromatic rings. The minimum Gasteiger partial charge on any atom is -0.490 e. The van der Waals surface area contributed by atoms with Crippen molar-refractivity contribution in [1.82, 2.24) is 9.97 Å². The first-order valence-corrected chi connectivity index (χ1v) is 8.69. The molecule has 25 heavy (non-hydrogen) atoms. The molecule has 0 saturated heterocycles. The summed E-state index contributed by atoms with van der Waals surface area (Å²) in [5.41, 5.74) is 1.63. The lowest BCUT2D eigenvalue weighted by Gasteiger charge is -2.17. The minimum absolute atomic E-state index is 0.304. The van der Waals surface area contributed by atoms with Crippen LogP contribution in [-0.2, 0) is 6.54 Å². The van der Waals surface area contributed by atoms with Gasteiger partial charge in [-0.3, -0.25) is 0 Å². The second-order valence-electron chi connectivity index (χ2n) is 6.34. The highest BCUT2D eigenvalue weighted by Crippen LogP contribution is 2.28. The molecule has 1 aliphatic rings. The van der Waals surface area contributed by atoms with Crippen molar-refractivity contribution in [3.63, 3.8) is 0 Å². The fraction of sp³-hybridized carbons (Fsp3) is 0.300. The Kier molecular flexibility index (Phi) is 4.46. The number of aromatic nitrogens is 2. The van der Waals surface area contributed by atoms with Crippen LogP contribution in [0.4, 0.5) is 10.2 Å². The fourth-order valence-electron chi connectivity index (χ4n) is 3.33. The number of nitrogens with one attached hydrogen (secondary N) is 1. The maximum atomic E-state index is 14.2. The Balaban J connectivity index is 1.56. The van der Waals surface area contributed by atoms with Gasteiger partial charge in [0, 0.05) is 12.1 Å². The molecular weight excluding hydrogens is 317 g/mol. The molecule has 1 fully saturated rings. The molecule has 1 aliphatic carbocycles. The van der Waals surface area contributed by atoms with Crippen LogP contribution in [0.5, 0.6) is 5.75 Å². The first kappa shape index (κ1) is 15.8. The molecule has 1 N–H and O–H groups in total. The predicted octanol–water partition coefficient (Wildman–Crippen LogP) is 4.70. The van der Waals surface area contributed by atoms with Gasteiger partial charge in [-0.25, -0.2) is 14.4 Å². The lowest BCUT2D eigenvalue weighted by molar-refractivity contribution is 0.208. The molecule has 128 valence electrons. The van der Waals surface area contributed by atoms with E-state index in [1.165, 1.54) is 25.2 Å². The summed E-state index contributed by atoms with van der Waals surface area (Å²) in [5.74, 6) is 1.07. The maximum Gasteiger partial charge on any atom is 0.140 e. The third kappa shape index (κ3) is 3.40. The summed E-state index contributed by atoms with van der Waals surface area (Å²) in [5, 5.41) is 3.65. The highest BCUT2D eigenvalue weighted by Gasteiger charge is 2.18. The van der Waals surface area contributed by atoms with Crippen molar-refractivity contribution in [1.29, 1.82) is 0 Å². The van der Waals surface area contributed by atoms with E-state index in [1.807, 2.05) is 24.3 Å². The van der Waals surface area contributed by atoms with Crippen LogP contribution >= 0.6 is 0 Å². The number of ether oxygens (including phenoxy) is 1. The molecule has 1 heterocycles. The van der Waals surface area contributed by atoms with Crippen LogP contribution in [0.3, 0.4) is 0 Å². The number of halogens is 1. The summed E-state index contributed by atoms with van der Waals surface area (Å²) in [6.45, 7) is 0.517. The van der Waals surface area contributed by atoms with Crippen LogP contribution in [0.1, 0.15) is 31.2 Å². The van der Waals surface area contributed by atoms with Gasteiger partial charge in [0.1, 0.15) is 23.7 Å². The number of anilines is 1. The molecule has 0 amide bonds. The van der Waals surface area contributed by atoms with Crippen molar-refractivity contribution in [3.8, 4) is 5.75 Å². The summed E-state index contributed by atoms with van der Waals surface area (Å²) in [4.78, 5) is 8.34. The van der Waals surface area contributed by atoms with E-state index in [0.29, 0.717) is 29.4 Å². The van der Waals surface area contributed by atoms with Crippen molar-refractivity contribution in [3.05, 3.63) is 60.2 Å². The Labute approximate surface area is 146 Å². The number of hydrogen-bond acceptors (Lipinski definition) is 4. The van der Waals surface area contributed by atoms with E-state index in [0.717, 1.165) is 24.2 Å². The van der Waals surface area contributed by atoms with Gasteiger partial charge in [-0.2, -0.15) is 0 Å². The molecule has 0 spiro atoms. The smallest absolute Gasteiger partial charge is 0.140 e. The highest BCUT2D eigenvalue weighted by molar-refractivity contribution is 5.89. The number of fused-ring (bicyclic) bond motifs is 1. The highest BCUT2D eigenvalue weighted by atomic mass is 19.1. The molecular formula is C20H20FN3O. The largest absolute Gasteiger partial charge is 0.490 e. The summed E-state index contributed by atoms with van der Waals surface area (Å²) in [6.07, 6.45) is 6.45. The van der Waals surface area contributed by atoms with Crippen LogP contribution in [-0.4, -0.2) is 16.1 Å². The van der Waals surface area contributed by atoms with Crippen LogP contribution in [0.15, 0.2) is 48.8 Å². The molecule has 0 bridgehead atoms. The molecule has 0 atom stereocenters. The first-order chi connectivity index (χ1) is 12.3. The Bertz CT molecular complexity index is 872.